The number of imide groups is 1. The minimum Gasteiger partial charge on any atom is -0.447 e. The molecule has 1 aliphatic heterocycles. The third-order valence-electron chi connectivity index (χ3n) is 5.30. The van der Waals surface area contributed by atoms with E-state index in [1.165, 1.54) is 7.05 Å². The monoisotopic (exact) mass is 387 g/mol. The SMILES string of the molecule is CNC(=O)NC(=O)[C@@H](OC(=O)[C@H]1CC(=O)N(C2CCCC2)C1)c1ccccc1. The highest BCUT2D eigenvalue weighted by molar-refractivity contribution is 5.98. The summed E-state index contributed by atoms with van der Waals surface area (Å²) in [5.74, 6) is -1.99. The number of urea groups is 1. The Labute approximate surface area is 163 Å². The number of nitrogens with zero attached hydrogens (tertiary/aromatic N) is 1. The third-order valence-corrected chi connectivity index (χ3v) is 5.30. The number of ether oxygens (including phenoxy) is 1. The van der Waals surface area contributed by atoms with Crippen LogP contribution in [-0.4, -0.2) is 48.3 Å². The third kappa shape index (κ3) is 4.49. The van der Waals surface area contributed by atoms with Gasteiger partial charge in [0.1, 0.15) is 0 Å². The number of hydrogen-bond acceptors (Lipinski definition) is 5. The minimum absolute atomic E-state index is 0.0417. The molecule has 150 valence electrons. The van der Waals surface area contributed by atoms with E-state index >= 15 is 0 Å². The molecule has 1 aromatic carbocycles. The number of rotatable bonds is 5. The largest absolute Gasteiger partial charge is 0.447 e. The van der Waals surface area contributed by atoms with Gasteiger partial charge < -0.3 is 15.0 Å². The van der Waals surface area contributed by atoms with Crippen molar-refractivity contribution >= 4 is 23.8 Å². The Bertz CT molecular complexity index is 745. The fourth-order valence-electron chi connectivity index (χ4n) is 3.81. The Hall–Kier alpha value is -2.90. The maximum Gasteiger partial charge on any atom is 0.321 e. The van der Waals surface area contributed by atoms with Gasteiger partial charge in [0.2, 0.25) is 12.0 Å². The zero-order chi connectivity index (χ0) is 20.1. The summed E-state index contributed by atoms with van der Waals surface area (Å²) >= 11 is 0. The molecule has 2 atom stereocenters. The van der Waals surface area contributed by atoms with Crippen molar-refractivity contribution in [1.29, 1.82) is 0 Å². The van der Waals surface area contributed by atoms with Gasteiger partial charge in [0.25, 0.3) is 5.91 Å². The molecule has 2 fully saturated rings. The van der Waals surface area contributed by atoms with Gasteiger partial charge >= 0.3 is 12.0 Å². The van der Waals surface area contributed by atoms with Gasteiger partial charge in [-0.3, -0.25) is 19.7 Å². The molecule has 8 nitrogen and oxygen atoms in total. The van der Waals surface area contributed by atoms with Gasteiger partial charge in [0, 0.05) is 31.6 Å². The van der Waals surface area contributed by atoms with Crippen LogP contribution in [0.3, 0.4) is 0 Å². The van der Waals surface area contributed by atoms with Gasteiger partial charge in [0.05, 0.1) is 5.92 Å². The second kappa shape index (κ2) is 8.86. The van der Waals surface area contributed by atoms with Gasteiger partial charge in [-0.1, -0.05) is 43.2 Å². The van der Waals surface area contributed by atoms with Crippen molar-refractivity contribution in [3.8, 4) is 0 Å². The van der Waals surface area contributed by atoms with Crippen LogP contribution >= 0.6 is 0 Å². The van der Waals surface area contributed by atoms with Gasteiger partial charge in [-0.15, -0.1) is 0 Å². The van der Waals surface area contributed by atoms with Crippen molar-refractivity contribution in [1.82, 2.24) is 15.5 Å². The van der Waals surface area contributed by atoms with E-state index in [0.717, 1.165) is 25.7 Å². The lowest BCUT2D eigenvalue weighted by molar-refractivity contribution is -0.159. The van der Waals surface area contributed by atoms with E-state index in [2.05, 4.69) is 10.6 Å². The molecule has 0 bridgehead atoms. The van der Waals surface area contributed by atoms with Crippen LogP contribution in [0.5, 0.6) is 0 Å². The first-order valence-electron chi connectivity index (χ1n) is 9.57. The first-order valence-corrected chi connectivity index (χ1v) is 9.57. The Kier molecular flexibility index (Phi) is 6.28. The first kappa shape index (κ1) is 19.9. The Balaban J connectivity index is 1.69. The summed E-state index contributed by atoms with van der Waals surface area (Å²) in [4.78, 5) is 50.8. The van der Waals surface area contributed by atoms with Crippen LogP contribution in [0.1, 0.15) is 43.8 Å². The number of nitrogens with one attached hydrogen (secondary N) is 2. The van der Waals surface area contributed by atoms with Gasteiger partial charge in [-0.2, -0.15) is 0 Å². The summed E-state index contributed by atoms with van der Waals surface area (Å²) < 4.78 is 5.48. The van der Waals surface area contributed by atoms with E-state index in [-0.39, 0.29) is 18.4 Å². The summed E-state index contributed by atoms with van der Waals surface area (Å²) in [5, 5.41) is 4.43. The van der Waals surface area contributed by atoms with Crippen molar-refractivity contribution < 1.29 is 23.9 Å². The van der Waals surface area contributed by atoms with E-state index in [4.69, 9.17) is 4.74 Å². The van der Waals surface area contributed by atoms with Crippen LogP contribution in [0.4, 0.5) is 4.79 Å². The molecule has 0 unspecified atom stereocenters. The van der Waals surface area contributed by atoms with E-state index in [1.807, 2.05) is 0 Å². The predicted octanol–water partition coefficient (Wildman–Crippen LogP) is 1.52. The maximum absolute atomic E-state index is 12.7. The molecule has 1 aromatic rings. The topological polar surface area (TPSA) is 105 Å². The molecule has 4 amide bonds. The number of benzene rings is 1. The van der Waals surface area contributed by atoms with Crippen molar-refractivity contribution in [2.24, 2.45) is 5.92 Å². The van der Waals surface area contributed by atoms with E-state index < -0.39 is 29.9 Å². The second-order valence-electron chi connectivity index (χ2n) is 7.18. The summed E-state index contributed by atoms with van der Waals surface area (Å²) in [6, 6.07) is 8.00. The number of amides is 4. The molecule has 0 spiro atoms. The smallest absolute Gasteiger partial charge is 0.321 e. The van der Waals surface area contributed by atoms with Crippen molar-refractivity contribution in [3.63, 3.8) is 0 Å². The van der Waals surface area contributed by atoms with Gasteiger partial charge in [-0.05, 0) is 12.8 Å². The predicted molar refractivity (Wildman–Crippen MR) is 99.9 cm³/mol. The fraction of sp³-hybridized carbons (Fsp3) is 0.500. The molecular weight excluding hydrogens is 362 g/mol. The molecule has 0 radical (unpaired) electrons. The molecule has 1 saturated carbocycles. The van der Waals surface area contributed by atoms with Crippen LogP contribution in [0.25, 0.3) is 0 Å². The van der Waals surface area contributed by atoms with Crippen LogP contribution in [0, 0.1) is 5.92 Å². The number of likely N-dealkylation sites (tertiary alicyclic amines) is 1. The summed E-state index contributed by atoms with van der Waals surface area (Å²) in [6.45, 7) is 0.320. The summed E-state index contributed by atoms with van der Waals surface area (Å²) in [5.41, 5.74) is 0.453. The molecular formula is C20H25N3O5. The molecule has 2 aliphatic rings. The average molecular weight is 387 g/mol. The first-order chi connectivity index (χ1) is 13.5. The lowest BCUT2D eigenvalue weighted by Gasteiger charge is -2.24. The zero-order valence-corrected chi connectivity index (χ0v) is 15.8. The minimum atomic E-state index is -1.26. The highest BCUT2D eigenvalue weighted by Gasteiger charge is 2.41. The molecule has 1 aliphatic carbocycles. The Morgan fingerprint density at radius 2 is 1.82 bits per heavy atom. The average Bonchev–Trinajstić information content (AvgIpc) is 3.35. The van der Waals surface area contributed by atoms with E-state index in [0.29, 0.717) is 12.1 Å². The number of esters is 1. The lowest BCUT2D eigenvalue weighted by atomic mass is 10.1. The molecule has 0 aromatic heterocycles. The summed E-state index contributed by atoms with van der Waals surface area (Å²) in [6.07, 6.45) is 2.96. The normalized spacial score (nSPS) is 20.7. The molecule has 8 heteroatoms. The fourth-order valence-corrected chi connectivity index (χ4v) is 3.81. The zero-order valence-electron chi connectivity index (χ0n) is 15.8. The highest BCUT2D eigenvalue weighted by Crippen LogP contribution is 2.31. The molecule has 2 N–H and O–H groups in total. The number of carbonyl (C=O) groups is 4. The number of carbonyl (C=O) groups excluding carboxylic acids is 4. The Morgan fingerprint density at radius 1 is 1.14 bits per heavy atom. The van der Waals surface area contributed by atoms with Crippen molar-refractivity contribution in [3.05, 3.63) is 35.9 Å². The van der Waals surface area contributed by atoms with Crippen molar-refractivity contribution in [2.45, 2.75) is 44.2 Å². The van der Waals surface area contributed by atoms with Crippen LogP contribution in [-0.2, 0) is 19.1 Å². The number of hydrogen-bond donors (Lipinski definition) is 2. The Morgan fingerprint density at radius 3 is 2.46 bits per heavy atom. The van der Waals surface area contributed by atoms with E-state index in [9.17, 15) is 19.2 Å². The van der Waals surface area contributed by atoms with Crippen molar-refractivity contribution in [2.75, 3.05) is 13.6 Å². The maximum atomic E-state index is 12.7. The second-order valence-corrected chi connectivity index (χ2v) is 7.18. The lowest BCUT2D eigenvalue weighted by Crippen LogP contribution is -2.41. The standard InChI is InChI=1S/C20H25N3O5/c1-21-20(27)22-18(25)17(13-7-3-2-4-8-13)28-19(26)14-11-16(24)23(12-14)15-9-5-6-10-15/h2-4,7-8,14-15,17H,5-6,9-12H2,1H3,(H2,21,22,25,27)/t14-,17-/m0/s1. The molecule has 28 heavy (non-hydrogen) atoms. The van der Waals surface area contributed by atoms with Gasteiger partial charge in [0.15, 0.2) is 0 Å². The van der Waals surface area contributed by atoms with Crippen LogP contribution in [0.2, 0.25) is 0 Å². The van der Waals surface area contributed by atoms with E-state index in [1.54, 1.807) is 35.2 Å². The molecule has 1 saturated heterocycles. The quantitative estimate of drug-likeness (QED) is 0.746. The highest BCUT2D eigenvalue weighted by atomic mass is 16.5. The van der Waals surface area contributed by atoms with Gasteiger partial charge in [-0.25, -0.2) is 4.79 Å². The van der Waals surface area contributed by atoms with Crippen LogP contribution in [0.15, 0.2) is 30.3 Å². The summed E-state index contributed by atoms with van der Waals surface area (Å²) in [7, 11) is 1.38. The van der Waals surface area contributed by atoms with Crippen LogP contribution < -0.4 is 10.6 Å². The molecule has 3 rings (SSSR count). The molecule has 1 heterocycles.